The van der Waals surface area contributed by atoms with Gasteiger partial charge in [-0.05, 0) is 67.6 Å². The van der Waals surface area contributed by atoms with Crippen LogP contribution in [0.15, 0.2) is 48.5 Å². The van der Waals surface area contributed by atoms with E-state index in [9.17, 15) is 26.4 Å². The fourth-order valence-electron chi connectivity index (χ4n) is 3.19. The van der Waals surface area contributed by atoms with Crippen LogP contribution in [0.25, 0.3) is 0 Å². The predicted octanol–water partition coefficient (Wildman–Crippen LogP) is 5.16. The fraction of sp³-hybridized carbons (Fsp3) is 0.417. The third-order valence-electron chi connectivity index (χ3n) is 5.54. The van der Waals surface area contributed by atoms with Gasteiger partial charge in [-0.2, -0.15) is 18.4 Å². The van der Waals surface area contributed by atoms with Crippen LogP contribution in [0.5, 0.6) is 0 Å². The normalized spacial score (nSPS) is 13.7. The van der Waals surface area contributed by atoms with Crippen molar-refractivity contribution in [3.63, 3.8) is 0 Å². The molecule has 2 aromatic rings. The van der Waals surface area contributed by atoms with Crippen molar-refractivity contribution in [3.8, 4) is 6.07 Å². The van der Waals surface area contributed by atoms with Gasteiger partial charge in [0, 0.05) is 11.7 Å². The van der Waals surface area contributed by atoms with Gasteiger partial charge in [0.1, 0.15) is 0 Å². The van der Waals surface area contributed by atoms with Crippen LogP contribution < -0.4 is 10.6 Å². The van der Waals surface area contributed by atoms with E-state index in [1.807, 2.05) is 6.07 Å². The number of nitrogens with one attached hydrogen (secondary N) is 2. The number of sulfone groups is 1. The van der Waals surface area contributed by atoms with Gasteiger partial charge in [-0.25, -0.2) is 13.2 Å². The number of carbonyl (C=O) groups excluding carboxylic acids is 1. The smallest absolute Gasteiger partial charge is 0.334 e. The molecular formula is C24H28F3N3O3S. The maximum atomic E-state index is 12.9. The first-order valence-electron chi connectivity index (χ1n) is 10.8. The van der Waals surface area contributed by atoms with Gasteiger partial charge < -0.3 is 10.6 Å². The van der Waals surface area contributed by atoms with Gasteiger partial charge in [0.25, 0.3) is 0 Å². The molecule has 0 aliphatic carbocycles. The number of anilines is 1. The van der Waals surface area contributed by atoms with Crippen LogP contribution in [0, 0.1) is 17.2 Å². The van der Waals surface area contributed by atoms with Crippen molar-refractivity contribution in [2.45, 2.75) is 51.1 Å². The Morgan fingerprint density at radius 1 is 1.03 bits per heavy atom. The van der Waals surface area contributed by atoms with Gasteiger partial charge >= 0.3 is 12.2 Å². The highest BCUT2D eigenvalue weighted by atomic mass is 32.2. The number of nitriles is 1. The number of carbonyl (C=O) groups is 1. The second kappa shape index (κ2) is 11.4. The van der Waals surface area contributed by atoms with E-state index in [-0.39, 0.29) is 17.4 Å². The van der Waals surface area contributed by atoms with Crippen molar-refractivity contribution in [1.29, 1.82) is 5.26 Å². The van der Waals surface area contributed by atoms with Gasteiger partial charge in [-0.15, -0.1) is 0 Å². The molecule has 184 valence electrons. The first-order chi connectivity index (χ1) is 15.8. The highest BCUT2D eigenvalue weighted by molar-refractivity contribution is 7.92. The number of hydrogen-bond acceptors (Lipinski definition) is 4. The summed E-state index contributed by atoms with van der Waals surface area (Å²) >= 11 is 0. The maximum absolute atomic E-state index is 12.9. The van der Waals surface area contributed by atoms with E-state index < -0.39 is 38.9 Å². The summed E-state index contributed by atoms with van der Waals surface area (Å²) < 4.78 is 63.9. The first kappa shape index (κ1) is 27.2. The Balaban J connectivity index is 1.96. The molecule has 0 spiro atoms. The fourth-order valence-corrected chi connectivity index (χ4v) is 4.96. The van der Waals surface area contributed by atoms with Gasteiger partial charge in [0.2, 0.25) is 0 Å². The van der Waals surface area contributed by atoms with Crippen LogP contribution in [0.1, 0.15) is 43.9 Å². The van der Waals surface area contributed by atoms with E-state index in [0.29, 0.717) is 18.4 Å². The summed E-state index contributed by atoms with van der Waals surface area (Å²) in [5.41, 5.74) is 0.784. The SMILES string of the molecule is CC(C)[C@@H](CS(=O)(=O)C(C)CCc1ccc(C#N)cc1)NC(=O)Nc1ccc(C(F)(F)F)cc1. The van der Waals surface area contributed by atoms with E-state index >= 15 is 0 Å². The van der Waals surface area contributed by atoms with E-state index in [2.05, 4.69) is 10.6 Å². The molecule has 2 aromatic carbocycles. The zero-order chi connectivity index (χ0) is 25.5. The molecule has 0 saturated carbocycles. The Hall–Kier alpha value is -3.06. The van der Waals surface area contributed by atoms with Gasteiger partial charge in [-0.3, -0.25) is 0 Å². The number of halogens is 3. The average Bonchev–Trinajstić information content (AvgIpc) is 2.76. The molecule has 10 heteroatoms. The summed E-state index contributed by atoms with van der Waals surface area (Å²) in [6.45, 7) is 5.18. The lowest BCUT2D eigenvalue weighted by molar-refractivity contribution is -0.137. The minimum Gasteiger partial charge on any atom is -0.334 e. The van der Waals surface area contributed by atoms with Crippen molar-refractivity contribution in [2.24, 2.45) is 5.92 Å². The number of nitrogens with zero attached hydrogens (tertiary/aromatic N) is 1. The molecule has 0 fully saturated rings. The third kappa shape index (κ3) is 8.06. The number of amides is 2. The molecule has 0 heterocycles. The topological polar surface area (TPSA) is 99.1 Å². The minimum atomic E-state index is -4.48. The molecule has 34 heavy (non-hydrogen) atoms. The lowest BCUT2D eigenvalue weighted by Crippen LogP contribution is -2.46. The Morgan fingerprint density at radius 3 is 2.12 bits per heavy atom. The summed E-state index contributed by atoms with van der Waals surface area (Å²) in [5, 5.41) is 13.3. The van der Waals surface area contributed by atoms with Crippen LogP contribution >= 0.6 is 0 Å². The second-order valence-corrected chi connectivity index (χ2v) is 11.0. The molecule has 0 saturated heterocycles. The molecule has 0 aromatic heterocycles. The largest absolute Gasteiger partial charge is 0.416 e. The highest BCUT2D eigenvalue weighted by Gasteiger charge is 2.30. The first-order valence-corrected chi connectivity index (χ1v) is 12.5. The summed E-state index contributed by atoms with van der Waals surface area (Å²) in [4.78, 5) is 12.4. The Kier molecular flexibility index (Phi) is 9.10. The molecule has 0 bridgehead atoms. The second-order valence-electron chi connectivity index (χ2n) is 8.51. The Bertz CT molecular complexity index is 1110. The monoisotopic (exact) mass is 495 g/mol. The third-order valence-corrected chi connectivity index (χ3v) is 7.82. The molecule has 2 rings (SSSR count). The van der Waals surface area contributed by atoms with Crippen LogP contribution in [0.3, 0.4) is 0 Å². The molecule has 2 amide bonds. The molecule has 6 nitrogen and oxygen atoms in total. The van der Waals surface area contributed by atoms with Crippen LogP contribution in [0.2, 0.25) is 0 Å². The number of rotatable bonds is 9. The number of benzene rings is 2. The maximum Gasteiger partial charge on any atom is 0.416 e. The summed E-state index contributed by atoms with van der Waals surface area (Å²) in [7, 11) is -3.55. The zero-order valence-corrected chi connectivity index (χ0v) is 20.0. The standard InChI is InChI=1S/C24H28F3N3O3S/c1-16(2)22(30-23(31)29-21-12-10-20(11-13-21)24(25,26)27)15-34(32,33)17(3)4-5-18-6-8-19(14-28)9-7-18/h6-13,16-17,22H,4-5,15H2,1-3H3,(H2,29,30,31)/t17?,22-/m1/s1. The molecular weight excluding hydrogens is 467 g/mol. The van der Waals surface area contributed by atoms with Crippen LogP contribution in [-0.2, 0) is 22.4 Å². The van der Waals surface area contributed by atoms with Gasteiger partial charge in [0.15, 0.2) is 9.84 Å². The predicted molar refractivity (Wildman–Crippen MR) is 125 cm³/mol. The molecule has 2 atom stereocenters. The van der Waals surface area contributed by atoms with Gasteiger partial charge in [-0.1, -0.05) is 26.0 Å². The van der Waals surface area contributed by atoms with E-state index in [4.69, 9.17) is 5.26 Å². The molecule has 2 N–H and O–H groups in total. The summed E-state index contributed by atoms with van der Waals surface area (Å²) in [6, 6.07) is 11.6. The number of alkyl halides is 3. The average molecular weight is 496 g/mol. The molecule has 0 aliphatic heterocycles. The number of aryl methyl sites for hydroxylation is 1. The summed E-state index contributed by atoms with van der Waals surface area (Å²) in [6.07, 6.45) is -3.56. The quantitative estimate of drug-likeness (QED) is 0.502. The van der Waals surface area contributed by atoms with Gasteiger partial charge in [0.05, 0.1) is 28.2 Å². The minimum absolute atomic E-state index is 0.159. The summed E-state index contributed by atoms with van der Waals surface area (Å²) in [5.74, 6) is -0.460. The van der Waals surface area contributed by atoms with Crippen molar-refractivity contribution < 1.29 is 26.4 Å². The lowest BCUT2D eigenvalue weighted by atomic mass is 10.1. The van der Waals surface area contributed by atoms with Crippen molar-refractivity contribution >= 4 is 21.6 Å². The van der Waals surface area contributed by atoms with Crippen LogP contribution in [-0.4, -0.2) is 31.5 Å². The molecule has 0 aliphatic rings. The Labute approximate surface area is 198 Å². The van der Waals surface area contributed by atoms with Crippen molar-refractivity contribution in [3.05, 3.63) is 65.2 Å². The zero-order valence-electron chi connectivity index (χ0n) is 19.2. The molecule has 1 unspecified atom stereocenters. The van der Waals surface area contributed by atoms with Crippen molar-refractivity contribution in [1.82, 2.24) is 5.32 Å². The lowest BCUT2D eigenvalue weighted by Gasteiger charge is -2.24. The van der Waals surface area contributed by atoms with E-state index in [1.165, 1.54) is 0 Å². The van der Waals surface area contributed by atoms with Crippen molar-refractivity contribution in [2.75, 3.05) is 11.1 Å². The number of hydrogen-bond donors (Lipinski definition) is 2. The van der Waals surface area contributed by atoms with Crippen LogP contribution in [0.4, 0.5) is 23.7 Å². The Morgan fingerprint density at radius 2 is 1.62 bits per heavy atom. The molecule has 0 radical (unpaired) electrons. The van der Waals surface area contributed by atoms with E-state index in [1.54, 1.807) is 45.0 Å². The highest BCUT2D eigenvalue weighted by Crippen LogP contribution is 2.29. The van der Waals surface area contributed by atoms with E-state index in [0.717, 1.165) is 29.8 Å². The number of urea groups is 1.